The smallest absolute Gasteiger partial charge is 0.161 e. The van der Waals surface area contributed by atoms with Crippen molar-refractivity contribution in [2.45, 2.75) is 45.8 Å². The van der Waals surface area contributed by atoms with Crippen LogP contribution in [0.25, 0.3) is 0 Å². The Morgan fingerprint density at radius 1 is 1.47 bits per heavy atom. The summed E-state index contributed by atoms with van der Waals surface area (Å²) in [6, 6.07) is 0. The van der Waals surface area contributed by atoms with Gasteiger partial charge < -0.3 is 5.32 Å². The highest BCUT2D eigenvalue weighted by molar-refractivity contribution is 8.15. The Hall–Kier alpha value is -0.970. The number of anilines is 1. The van der Waals surface area contributed by atoms with Gasteiger partial charge in [-0.05, 0) is 18.3 Å². The van der Waals surface area contributed by atoms with Crippen molar-refractivity contribution in [1.29, 1.82) is 0 Å². The Balaban J connectivity index is 1.94. The highest BCUT2D eigenvalue weighted by Gasteiger charge is 2.25. The number of aliphatic imine (C=N–C) groups is 1. The summed E-state index contributed by atoms with van der Waals surface area (Å²) in [5.74, 6) is 0. The first-order valence-corrected chi connectivity index (χ1v) is 7.76. The number of nitrogens with one attached hydrogen (secondary N) is 1. The van der Waals surface area contributed by atoms with Crippen molar-refractivity contribution in [3.05, 3.63) is 11.9 Å². The lowest BCUT2D eigenvalue weighted by Gasteiger charge is -2.21. The highest BCUT2D eigenvalue weighted by atomic mass is 32.2. The van der Waals surface area contributed by atoms with Crippen LogP contribution in [0.2, 0.25) is 0 Å². The van der Waals surface area contributed by atoms with Crippen LogP contribution in [0.5, 0.6) is 0 Å². The van der Waals surface area contributed by atoms with Gasteiger partial charge in [0.05, 0.1) is 17.9 Å². The van der Waals surface area contributed by atoms with Gasteiger partial charge in [-0.3, -0.25) is 9.67 Å². The number of hydrogen-bond acceptors (Lipinski definition) is 4. The molecule has 4 nitrogen and oxygen atoms in total. The summed E-state index contributed by atoms with van der Waals surface area (Å²) in [5, 5.41) is 9.51. The number of rotatable bonds is 3. The number of aryl methyl sites for hydroxylation is 2. The predicted octanol–water partition coefficient (Wildman–Crippen LogP) is 3.30. The molecule has 0 aromatic carbocycles. The fraction of sp³-hybridized carbons (Fsp3) is 0.714. The standard InChI is InChI=1S/C14H24N4S/c1-6-11-12(9-18(5)17-11)16-13-15-8-10(19-13)7-14(2,3)4/h9-10H,6-8H2,1-5H3,(H,15,16). The van der Waals surface area contributed by atoms with E-state index in [2.05, 4.69) is 43.1 Å². The second kappa shape index (κ2) is 5.57. The van der Waals surface area contributed by atoms with Crippen molar-refractivity contribution in [1.82, 2.24) is 9.78 Å². The Morgan fingerprint density at radius 2 is 2.21 bits per heavy atom. The minimum absolute atomic E-state index is 0.367. The summed E-state index contributed by atoms with van der Waals surface area (Å²) >= 11 is 1.86. The largest absolute Gasteiger partial charge is 0.332 e. The average Bonchev–Trinajstić information content (AvgIpc) is 2.84. The molecule has 106 valence electrons. The normalized spacial score (nSPS) is 19.6. The Kier molecular flexibility index (Phi) is 4.23. The van der Waals surface area contributed by atoms with Crippen LogP contribution in [0.4, 0.5) is 5.69 Å². The molecular formula is C14H24N4S. The van der Waals surface area contributed by atoms with Crippen LogP contribution in [-0.2, 0) is 13.5 Å². The molecule has 5 heteroatoms. The van der Waals surface area contributed by atoms with Crippen LogP contribution in [0.1, 0.15) is 39.8 Å². The number of thioether (sulfide) groups is 1. The zero-order chi connectivity index (χ0) is 14.0. The predicted molar refractivity (Wildman–Crippen MR) is 84.0 cm³/mol. The molecule has 2 rings (SSSR count). The topological polar surface area (TPSA) is 42.2 Å². The summed E-state index contributed by atoms with van der Waals surface area (Å²) in [5.41, 5.74) is 2.56. The van der Waals surface area contributed by atoms with Crippen molar-refractivity contribution in [2.75, 3.05) is 11.9 Å². The maximum atomic E-state index is 4.61. The van der Waals surface area contributed by atoms with E-state index < -0.39 is 0 Å². The van der Waals surface area contributed by atoms with E-state index in [1.165, 1.54) is 6.42 Å². The maximum Gasteiger partial charge on any atom is 0.161 e. The SMILES string of the molecule is CCc1nn(C)cc1NC1=NCC(CC(C)(C)C)S1. The zero-order valence-corrected chi connectivity index (χ0v) is 13.3. The molecule has 1 aliphatic heterocycles. The first-order valence-electron chi connectivity index (χ1n) is 6.88. The Bertz CT molecular complexity index is 470. The van der Waals surface area contributed by atoms with E-state index in [0.29, 0.717) is 10.7 Å². The number of hydrogen-bond donors (Lipinski definition) is 1. The summed E-state index contributed by atoms with van der Waals surface area (Å²) < 4.78 is 1.86. The Morgan fingerprint density at radius 3 is 2.84 bits per heavy atom. The van der Waals surface area contributed by atoms with E-state index in [1.807, 2.05) is 29.7 Å². The highest BCUT2D eigenvalue weighted by Crippen LogP contribution is 2.32. The van der Waals surface area contributed by atoms with Gasteiger partial charge in [0, 0.05) is 18.5 Å². The van der Waals surface area contributed by atoms with Crippen molar-refractivity contribution in [3.63, 3.8) is 0 Å². The average molecular weight is 280 g/mol. The molecule has 0 radical (unpaired) electrons. The van der Waals surface area contributed by atoms with Crippen LogP contribution in [0.15, 0.2) is 11.2 Å². The van der Waals surface area contributed by atoms with Gasteiger partial charge in [-0.25, -0.2) is 0 Å². The molecule has 0 aliphatic carbocycles. The first-order chi connectivity index (χ1) is 8.87. The first kappa shape index (κ1) is 14.4. The van der Waals surface area contributed by atoms with Gasteiger partial charge in [-0.2, -0.15) is 5.10 Å². The number of aromatic nitrogens is 2. The molecule has 0 saturated heterocycles. The maximum absolute atomic E-state index is 4.61. The lowest BCUT2D eigenvalue weighted by Crippen LogP contribution is -2.16. The van der Waals surface area contributed by atoms with Crippen LogP contribution < -0.4 is 5.32 Å². The summed E-state index contributed by atoms with van der Waals surface area (Å²) in [6.45, 7) is 9.91. The lowest BCUT2D eigenvalue weighted by atomic mass is 9.90. The van der Waals surface area contributed by atoms with Gasteiger partial charge in [-0.1, -0.05) is 39.5 Å². The van der Waals surface area contributed by atoms with Crippen molar-refractivity contribution >= 4 is 22.6 Å². The molecule has 1 aliphatic rings. The van der Waals surface area contributed by atoms with E-state index >= 15 is 0 Å². The molecule has 0 bridgehead atoms. The Labute approximate surface area is 120 Å². The van der Waals surface area contributed by atoms with Crippen LogP contribution in [0, 0.1) is 5.41 Å². The lowest BCUT2D eigenvalue weighted by molar-refractivity contribution is 0.375. The molecule has 0 saturated carbocycles. The van der Waals surface area contributed by atoms with E-state index in [9.17, 15) is 0 Å². The number of amidine groups is 1. The minimum Gasteiger partial charge on any atom is -0.332 e. The van der Waals surface area contributed by atoms with Crippen LogP contribution in [-0.4, -0.2) is 26.7 Å². The molecule has 1 atom stereocenters. The third kappa shape index (κ3) is 4.00. The van der Waals surface area contributed by atoms with Gasteiger partial charge >= 0.3 is 0 Å². The summed E-state index contributed by atoms with van der Waals surface area (Å²) in [7, 11) is 1.95. The monoisotopic (exact) mass is 280 g/mol. The van der Waals surface area contributed by atoms with Crippen molar-refractivity contribution < 1.29 is 0 Å². The van der Waals surface area contributed by atoms with Crippen LogP contribution >= 0.6 is 11.8 Å². The molecule has 0 spiro atoms. The number of nitrogens with zero attached hydrogens (tertiary/aromatic N) is 3. The molecular weight excluding hydrogens is 256 g/mol. The molecule has 2 heterocycles. The van der Waals surface area contributed by atoms with Gasteiger partial charge in [0.25, 0.3) is 0 Å². The molecule has 1 aromatic rings. The minimum atomic E-state index is 0.367. The van der Waals surface area contributed by atoms with Crippen LogP contribution in [0.3, 0.4) is 0 Å². The fourth-order valence-corrected chi connectivity index (χ4v) is 3.66. The van der Waals surface area contributed by atoms with Gasteiger partial charge in [-0.15, -0.1) is 0 Å². The van der Waals surface area contributed by atoms with E-state index in [1.54, 1.807) is 0 Å². The molecule has 1 N–H and O–H groups in total. The molecule has 1 unspecified atom stereocenters. The third-order valence-corrected chi connectivity index (χ3v) is 4.14. The molecule has 1 aromatic heterocycles. The molecule has 0 amide bonds. The van der Waals surface area contributed by atoms with E-state index in [4.69, 9.17) is 0 Å². The van der Waals surface area contributed by atoms with E-state index in [0.717, 1.165) is 29.5 Å². The van der Waals surface area contributed by atoms with Crippen molar-refractivity contribution in [3.8, 4) is 0 Å². The molecule has 0 fully saturated rings. The van der Waals surface area contributed by atoms with Gasteiger partial charge in [0.2, 0.25) is 0 Å². The van der Waals surface area contributed by atoms with Gasteiger partial charge in [0.1, 0.15) is 0 Å². The quantitative estimate of drug-likeness (QED) is 0.923. The third-order valence-electron chi connectivity index (χ3n) is 3.04. The van der Waals surface area contributed by atoms with E-state index in [-0.39, 0.29) is 0 Å². The fourth-order valence-electron chi connectivity index (χ4n) is 2.29. The second-order valence-corrected chi connectivity index (χ2v) is 7.58. The summed E-state index contributed by atoms with van der Waals surface area (Å²) in [4.78, 5) is 4.61. The van der Waals surface area contributed by atoms with Gasteiger partial charge in [0.15, 0.2) is 5.17 Å². The second-order valence-electron chi connectivity index (χ2n) is 6.29. The summed E-state index contributed by atoms with van der Waals surface area (Å²) in [6.07, 6.45) is 4.16. The van der Waals surface area contributed by atoms with Crippen molar-refractivity contribution in [2.24, 2.45) is 17.5 Å². The molecule has 19 heavy (non-hydrogen) atoms. The zero-order valence-electron chi connectivity index (χ0n) is 12.5.